The van der Waals surface area contributed by atoms with Gasteiger partial charge >= 0.3 is 5.97 Å². The Bertz CT molecular complexity index is 396. The Morgan fingerprint density at radius 2 is 2.13 bits per heavy atom. The summed E-state index contributed by atoms with van der Waals surface area (Å²) in [6.07, 6.45) is 2.99. The predicted molar refractivity (Wildman–Crippen MR) is 59.8 cm³/mol. The van der Waals surface area contributed by atoms with Gasteiger partial charge in [0.05, 0.1) is 5.56 Å². The lowest BCUT2D eigenvalue weighted by atomic mass is 10.1. The number of rotatable bonds is 3. The summed E-state index contributed by atoms with van der Waals surface area (Å²) in [5.74, 6) is 4.96. The van der Waals surface area contributed by atoms with Crippen molar-refractivity contribution >= 4 is 5.97 Å². The van der Waals surface area contributed by atoms with E-state index < -0.39 is 5.97 Å². The lowest BCUT2D eigenvalue weighted by Crippen LogP contribution is -1.99. The first-order chi connectivity index (χ1) is 7.25. The van der Waals surface area contributed by atoms with E-state index in [0.29, 0.717) is 5.56 Å². The molecule has 1 aromatic rings. The van der Waals surface area contributed by atoms with Gasteiger partial charge in [-0.25, -0.2) is 4.79 Å². The molecule has 2 heteroatoms. The SMILES string of the molecule is CCCCC#Cc1ccccc1C(=O)O. The lowest BCUT2D eigenvalue weighted by molar-refractivity contribution is 0.0696. The second-order valence-electron chi connectivity index (χ2n) is 3.26. The third-order valence-electron chi connectivity index (χ3n) is 2.04. The predicted octanol–water partition coefficient (Wildman–Crippen LogP) is 2.93. The summed E-state index contributed by atoms with van der Waals surface area (Å²) < 4.78 is 0. The Labute approximate surface area is 89.9 Å². The molecule has 0 aromatic heterocycles. The van der Waals surface area contributed by atoms with Gasteiger partial charge < -0.3 is 5.11 Å². The van der Waals surface area contributed by atoms with Crippen LogP contribution in [0.2, 0.25) is 0 Å². The fraction of sp³-hybridized carbons (Fsp3) is 0.308. The molecule has 0 aliphatic carbocycles. The zero-order chi connectivity index (χ0) is 11.1. The van der Waals surface area contributed by atoms with Crippen molar-refractivity contribution in [2.24, 2.45) is 0 Å². The van der Waals surface area contributed by atoms with E-state index in [9.17, 15) is 4.79 Å². The van der Waals surface area contributed by atoms with Crippen LogP contribution in [0.5, 0.6) is 0 Å². The van der Waals surface area contributed by atoms with Gasteiger partial charge in [-0.1, -0.05) is 37.3 Å². The maximum atomic E-state index is 10.8. The van der Waals surface area contributed by atoms with Crippen molar-refractivity contribution < 1.29 is 9.90 Å². The highest BCUT2D eigenvalue weighted by Gasteiger charge is 2.05. The van der Waals surface area contributed by atoms with E-state index in [-0.39, 0.29) is 5.56 Å². The Balaban J connectivity index is 2.83. The quantitative estimate of drug-likeness (QED) is 0.604. The van der Waals surface area contributed by atoms with Crippen molar-refractivity contribution in [3.8, 4) is 11.8 Å². The van der Waals surface area contributed by atoms with Gasteiger partial charge in [0.15, 0.2) is 0 Å². The third-order valence-corrected chi connectivity index (χ3v) is 2.04. The van der Waals surface area contributed by atoms with E-state index in [4.69, 9.17) is 5.11 Å². The number of hydrogen-bond acceptors (Lipinski definition) is 1. The number of carboxylic acid groups (broad SMARTS) is 1. The minimum Gasteiger partial charge on any atom is -0.478 e. The molecule has 0 heterocycles. The summed E-state index contributed by atoms with van der Waals surface area (Å²) in [6, 6.07) is 6.82. The number of carboxylic acids is 1. The molecular formula is C13H14O2. The van der Waals surface area contributed by atoms with E-state index in [1.165, 1.54) is 0 Å². The Morgan fingerprint density at radius 1 is 1.40 bits per heavy atom. The lowest BCUT2D eigenvalue weighted by Gasteiger charge is -1.96. The first-order valence-corrected chi connectivity index (χ1v) is 5.07. The molecule has 0 unspecified atom stereocenters. The van der Waals surface area contributed by atoms with E-state index in [0.717, 1.165) is 19.3 Å². The largest absolute Gasteiger partial charge is 0.478 e. The monoisotopic (exact) mass is 202 g/mol. The molecule has 0 saturated carbocycles. The van der Waals surface area contributed by atoms with E-state index in [2.05, 4.69) is 18.8 Å². The molecule has 78 valence electrons. The van der Waals surface area contributed by atoms with Gasteiger partial charge in [-0.15, -0.1) is 0 Å². The Morgan fingerprint density at radius 3 is 2.80 bits per heavy atom. The summed E-state index contributed by atoms with van der Waals surface area (Å²) in [6.45, 7) is 2.10. The molecule has 0 radical (unpaired) electrons. The molecule has 0 aliphatic heterocycles. The average molecular weight is 202 g/mol. The van der Waals surface area contributed by atoms with Crippen LogP contribution in [0.1, 0.15) is 42.1 Å². The molecule has 1 aromatic carbocycles. The minimum atomic E-state index is -0.921. The number of unbranched alkanes of at least 4 members (excludes halogenated alkanes) is 2. The standard InChI is InChI=1S/C13H14O2/c1-2-3-4-5-8-11-9-6-7-10-12(11)13(14)15/h6-7,9-10H,2-4H2,1H3,(H,14,15). The van der Waals surface area contributed by atoms with Crippen molar-refractivity contribution in [3.63, 3.8) is 0 Å². The molecule has 0 atom stereocenters. The van der Waals surface area contributed by atoms with Crippen molar-refractivity contribution in [2.75, 3.05) is 0 Å². The van der Waals surface area contributed by atoms with Crippen molar-refractivity contribution in [1.29, 1.82) is 0 Å². The molecule has 1 N–H and O–H groups in total. The number of benzene rings is 1. The summed E-state index contributed by atoms with van der Waals surface area (Å²) >= 11 is 0. The van der Waals surface area contributed by atoms with Gasteiger partial charge in [0, 0.05) is 12.0 Å². The second-order valence-corrected chi connectivity index (χ2v) is 3.26. The van der Waals surface area contributed by atoms with Crippen LogP contribution in [0.4, 0.5) is 0 Å². The van der Waals surface area contributed by atoms with Crippen molar-refractivity contribution in [2.45, 2.75) is 26.2 Å². The summed E-state index contributed by atoms with van der Waals surface area (Å²) in [5.41, 5.74) is 0.877. The molecule has 0 aliphatic rings. The maximum absolute atomic E-state index is 10.8. The molecule has 15 heavy (non-hydrogen) atoms. The second kappa shape index (κ2) is 5.87. The maximum Gasteiger partial charge on any atom is 0.336 e. The summed E-state index contributed by atoms with van der Waals surface area (Å²) in [5, 5.41) is 8.90. The Hall–Kier alpha value is -1.75. The molecule has 0 saturated heterocycles. The summed E-state index contributed by atoms with van der Waals surface area (Å²) in [7, 11) is 0. The highest BCUT2D eigenvalue weighted by molar-refractivity contribution is 5.90. The molecule has 2 nitrogen and oxygen atoms in total. The smallest absolute Gasteiger partial charge is 0.336 e. The number of carbonyl (C=O) groups is 1. The van der Waals surface area contributed by atoms with Crippen LogP contribution >= 0.6 is 0 Å². The van der Waals surface area contributed by atoms with Gasteiger partial charge in [-0.05, 0) is 18.6 Å². The fourth-order valence-corrected chi connectivity index (χ4v) is 1.20. The first kappa shape index (κ1) is 11.3. The van der Waals surface area contributed by atoms with E-state index in [1.54, 1.807) is 24.3 Å². The molecule has 0 amide bonds. The number of aromatic carboxylic acids is 1. The first-order valence-electron chi connectivity index (χ1n) is 5.07. The molecular weight excluding hydrogens is 188 g/mol. The average Bonchev–Trinajstić information content (AvgIpc) is 2.25. The molecule has 0 fully saturated rings. The molecule has 0 spiro atoms. The van der Waals surface area contributed by atoms with Crippen LogP contribution < -0.4 is 0 Å². The summed E-state index contributed by atoms with van der Waals surface area (Å²) in [4.78, 5) is 10.8. The van der Waals surface area contributed by atoms with E-state index >= 15 is 0 Å². The molecule has 1 rings (SSSR count). The zero-order valence-corrected chi connectivity index (χ0v) is 8.79. The molecule has 0 bridgehead atoms. The van der Waals surface area contributed by atoms with Crippen molar-refractivity contribution in [3.05, 3.63) is 35.4 Å². The third kappa shape index (κ3) is 3.47. The van der Waals surface area contributed by atoms with Crippen molar-refractivity contribution in [1.82, 2.24) is 0 Å². The number of hydrogen-bond donors (Lipinski definition) is 1. The van der Waals surface area contributed by atoms with Crippen LogP contribution in [0.3, 0.4) is 0 Å². The van der Waals surface area contributed by atoms with Crippen LogP contribution in [-0.2, 0) is 0 Å². The highest BCUT2D eigenvalue weighted by atomic mass is 16.4. The highest BCUT2D eigenvalue weighted by Crippen LogP contribution is 2.07. The normalized spacial score (nSPS) is 9.13. The van der Waals surface area contributed by atoms with Gasteiger partial charge in [-0.2, -0.15) is 0 Å². The van der Waals surface area contributed by atoms with Gasteiger partial charge in [-0.3, -0.25) is 0 Å². The van der Waals surface area contributed by atoms with Crippen LogP contribution in [0, 0.1) is 11.8 Å². The van der Waals surface area contributed by atoms with Crippen LogP contribution in [0.15, 0.2) is 24.3 Å². The Kier molecular flexibility index (Phi) is 4.43. The van der Waals surface area contributed by atoms with E-state index in [1.807, 2.05) is 0 Å². The van der Waals surface area contributed by atoms with Gasteiger partial charge in [0.1, 0.15) is 0 Å². The minimum absolute atomic E-state index is 0.279. The van der Waals surface area contributed by atoms with Crippen LogP contribution in [-0.4, -0.2) is 11.1 Å². The fourth-order valence-electron chi connectivity index (χ4n) is 1.20. The van der Waals surface area contributed by atoms with Gasteiger partial charge in [0.2, 0.25) is 0 Å². The zero-order valence-electron chi connectivity index (χ0n) is 8.79. The van der Waals surface area contributed by atoms with Crippen LogP contribution in [0.25, 0.3) is 0 Å². The topological polar surface area (TPSA) is 37.3 Å². The van der Waals surface area contributed by atoms with Gasteiger partial charge in [0.25, 0.3) is 0 Å².